The molecule has 9 rings (SSSR count). The Hall–Kier alpha value is -7.68. The summed E-state index contributed by atoms with van der Waals surface area (Å²) >= 11 is 0. The zero-order valence-corrected chi connectivity index (χ0v) is 46.0. The molecule has 0 aromatic heterocycles. The Bertz CT molecular complexity index is 3220. The molecule has 4 aromatic carbocycles. The van der Waals surface area contributed by atoms with Crippen LogP contribution < -0.4 is 14.2 Å². The van der Waals surface area contributed by atoms with Crippen molar-refractivity contribution < 1.29 is 159 Å². The van der Waals surface area contributed by atoms with Crippen LogP contribution in [-0.4, -0.2) is 258 Å². The standard InChI is InChI=1S/C57H64O32/c58-17-35-41(68)45(72)49(76)54(85-35)82-32-15-24(60)14-31-25(32)16-34(52(81-31)23-5-8-27(62)30(65)13-23)84-57-53(48(75)44(71)38(88-57)20-80-39(66)9-3-21-1-6-26(61)29(64)11-21)89-56-51(78)47(74)43(70)37(87-56)19-79-40(67)10-4-22-2-7-28(63)33(12-22)83-55-50(77)46(73)42(69)36(18-59)86-55/h1-16,35-38,41-65,68-78H,17-20H2/b9-3+,10-4+/t35-,36+,37+,38+,41+,42+,43+,44+,45-,46-,47-,48-,49-,50+,51+,52?,53+,54+,55+,56-,57+/m0/s1. The molecule has 0 bridgehead atoms. The van der Waals surface area contributed by atoms with Gasteiger partial charge in [0.05, 0.1) is 18.8 Å². The van der Waals surface area contributed by atoms with Crippen LogP contribution in [0.4, 0.5) is 0 Å². The number of phenolic OH excluding ortho intramolecular Hbond substituents is 6. The molecule has 19 N–H and O–H groups in total. The van der Waals surface area contributed by atoms with Crippen molar-refractivity contribution in [2.45, 2.75) is 129 Å². The molecule has 0 saturated carbocycles. The molecule has 89 heavy (non-hydrogen) atoms. The molecular weight excluding hydrogens is 1200 g/mol. The molecule has 5 aliphatic rings. The third-order valence-electron chi connectivity index (χ3n) is 14.8. The second kappa shape index (κ2) is 28.0. The number of rotatable bonds is 19. The summed E-state index contributed by atoms with van der Waals surface area (Å²) in [5.74, 6) is -6.76. The lowest BCUT2D eigenvalue weighted by molar-refractivity contribution is -0.364. The highest BCUT2D eigenvalue weighted by molar-refractivity contribution is 5.87. The lowest BCUT2D eigenvalue weighted by Gasteiger charge is -2.46. The second-order valence-corrected chi connectivity index (χ2v) is 20.9. The largest absolute Gasteiger partial charge is 0.508 e. The van der Waals surface area contributed by atoms with E-state index in [0.29, 0.717) is 0 Å². The monoisotopic (exact) mass is 1260 g/mol. The van der Waals surface area contributed by atoms with E-state index in [0.717, 1.165) is 60.7 Å². The minimum Gasteiger partial charge on any atom is -0.508 e. The number of carbonyl (C=O) groups excluding carboxylic acids is 2. The number of fused-ring (bicyclic) bond motifs is 1. The molecule has 0 radical (unpaired) electrons. The Balaban J connectivity index is 0.980. The van der Waals surface area contributed by atoms with Crippen LogP contribution >= 0.6 is 0 Å². The van der Waals surface area contributed by atoms with Gasteiger partial charge in [0.15, 0.2) is 53.0 Å². The summed E-state index contributed by atoms with van der Waals surface area (Å²) in [5, 5.41) is 201. The van der Waals surface area contributed by atoms with Crippen LogP contribution in [0.2, 0.25) is 0 Å². The van der Waals surface area contributed by atoms with Gasteiger partial charge in [0, 0.05) is 29.8 Å². The summed E-state index contributed by atoms with van der Waals surface area (Å²) in [4.78, 5) is 26.1. The average Bonchev–Trinajstić information content (AvgIpc) is 1.42. The van der Waals surface area contributed by atoms with Gasteiger partial charge in [-0.1, -0.05) is 18.2 Å². The maximum atomic E-state index is 13.1. The smallest absolute Gasteiger partial charge is 0.330 e. The van der Waals surface area contributed by atoms with Gasteiger partial charge in [-0.3, -0.25) is 0 Å². The maximum Gasteiger partial charge on any atom is 0.330 e. The molecular formula is C57H64O32. The van der Waals surface area contributed by atoms with Crippen molar-refractivity contribution in [2.24, 2.45) is 0 Å². The van der Waals surface area contributed by atoms with Gasteiger partial charge < -0.3 is 149 Å². The van der Waals surface area contributed by atoms with Crippen LogP contribution in [0, 0.1) is 0 Å². The van der Waals surface area contributed by atoms with Crippen molar-refractivity contribution in [1.82, 2.24) is 0 Å². The first-order chi connectivity index (χ1) is 42.3. The summed E-state index contributed by atoms with van der Waals surface area (Å²) in [6, 6.07) is 12.7. The lowest BCUT2D eigenvalue weighted by Crippen LogP contribution is -2.64. The number of ether oxygens (including phenoxy) is 11. The summed E-state index contributed by atoms with van der Waals surface area (Å²) in [7, 11) is 0. The molecule has 0 spiro atoms. The van der Waals surface area contributed by atoms with Gasteiger partial charge in [-0.05, 0) is 65.8 Å². The third-order valence-corrected chi connectivity index (χ3v) is 14.8. The fourth-order valence-corrected chi connectivity index (χ4v) is 9.80. The van der Waals surface area contributed by atoms with E-state index in [1.165, 1.54) is 36.4 Å². The normalized spacial score (nSPS) is 33.8. The Labute approximate surface area is 501 Å². The van der Waals surface area contributed by atoms with Crippen molar-refractivity contribution in [2.75, 3.05) is 26.4 Å². The number of hydrogen-bond acceptors (Lipinski definition) is 32. The first-order valence-corrected chi connectivity index (χ1v) is 27.1. The molecule has 5 heterocycles. The van der Waals surface area contributed by atoms with Crippen LogP contribution in [0.3, 0.4) is 0 Å². The Morgan fingerprint density at radius 1 is 0.449 bits per heavy atom. The number of benzene rings is 4. The van der Waals surface area contributed by atoms with Crippen LogP contribution in [0.25, 0.3) is 18.2 Å². The van der Waals surface area contributed by atoms with Crippen LogP contribution in [-0.2, 0) is 47.5 Å². The molecule has 4 saturated heterocycles. The summed E-state index contributed by atoms with van der Waals surface area (Å²) in [6.07, 6.45) is -34.3. The number of esters is 2. The molecule has 0 aliphatic carbocycles. The molecule has 484 valence electrons. The quantitative estimate of drug-likeness (QED) is 0.0241. The minimum absolute atomic E-state index is 0.00550. The third kappa shape index (κ3) is 14.7. The van der Waals surface area contributed by atoms with E-state index in [1.807, 2.05) is 0 Å². The second-order valence-electron chi connectivity index (χ2n) is 20.9. The Morgan fingerprint density at radius 2 is 0.921 bits per heavy atom. The van der Waals surface area contributed by atoms with E-state index >= 15 is 0 Å². The van der Waals surface area contributed by atoms with E-state index in [9.17, 15) is 107 Å². The van der Waals surface area contributed by atoms with Crippen LogP contribution in [0.15, 0.2) is 84.6 Å². The van der Waals surface area contributed by atoms with Gasteiger partial charge in [0.2, 0.25) is 18.9 Å². The highest BCUT2D eigenvalue weighted by Crippen LogP contribution is 2.47. The lowest BCUT2D eigenvalue weighted by atomic mass is 9.97. The van der Waals surface area contributed by atoms with Crippen molar-refractivity contribution >= 4 is 30.2 Å². The maximum absolute atomic E-state index is 13.1. The van der Waals surface area contributed by atoms with E-state index in [4.69, 9.17) is 52.1 Å². The minimum atomic E-state index is -2.23. The van der Waals surface area contributed by atoms with Gasteiger partial charge in [-0.25, -0.2) is 9.59 Å². The van der Waals surface area contributed by atoms with Crippen LogP contribution in [0.1, 0.15) is 28.4 Å². The van der Waals surface area contributed by atoms with E-state index in [1.54, 1.807) is 0 Å². The van der Waals surface area contributed by atoms with E-state index in [2.05, 4.69) is 0 Å². The fraction of sp³-hybridized carbons (Fsp3) is 0.439. The number of carbonyl (C=O) groups is 2. The highest BCUT2D eigenvalue weighted by atomic mass is 16.8. The number of aliphatic hydroxyl groups excluding tert-OH is 13. The molecule has 32 heteroatoms. The van der Waals surface area contributed by atoms with Crippen molar-refractivity contribution in [3.8, 4) is 51.7 Å². The summed E-state index contributed by atoms with van der Waals surface area (Å²) in [5.41, 5.74) is 0.244. The molecule has 1 unspecified atom stereocenters. The van der Waals surface area contributed by atoms with Gasteiger partial charge in [-0.2, -0.15) is 0 Å². The first-order valence-electron chi connectivity index (χ1n) is 27.1. The zero-order valence-electron chi connectivity index (χ0n) is 46.0. The SMILES string of the molecule is O=C(/C=C/c1ccc(O)c(O[C@@H]2O[C@H](CO)[C@@H](O)[C@H](O)[C@H]2O)c1)OC[C@H]1O[C@@H](O[C@H]2[C@H](OC3=Cc4c(cc(O)cc4O[C@@H]4O[C@@H](CO)[C@@H](O)[C@H](O)[C@@H]4O)OC3c3ccc(O)c(O)c3)O[C@H](COC(=O)/C=C/c3ccc(O)c(O)c3)[C@@H](O)[C@@H]2O)[C@H](O)[C@@H](O)[C@@H]1O. The molecule has 4 fully saturated rings. The summed E-state index contributed by atoms with van der Waals surface area (Å²) < 4.78 is 63.6. The summed E-state index contributed by atoms with van der Waals surface area (Å²) in [6.45, 7) is -3.36. The number of hydrogen-bond donors (Lipinski definition) is 19. The zero-order chi connectivity index (χ0) is 64.3. The molecule has 0 amide bonds. The van der Waals surface area contributed by atoms with Crippen molar-refractivity contribution in [3.05, 3.63) is 107 Å². The topological polar surface area (TPSA) is 520 Å². The van der Waals surface area contributed by atoms with Gasteiger partial charge in [0.1, 0.15) is 128 Å². The van der Waals surface area contributed by atoms with Gasteiger partial charge in [0.25, 0.3) is 0 Å². The predicted octanol–water partition coefficient (Wildman–Crippen LogP) is -4.08. The van der Waals surface area contributed by atoms with E-state index < -0.39 is 208 Å². The number of aromatic hydroxyl groups is 6. The Kier molecular flexibility index (Phi) is 20.7. The average molecular weight is 1260 g/mol. The first kappa shape index (κ1) is 65.8. The van der Waals surface area contributed by atoms with Crippen molar-refractivity contribution in [3.63, 3.8) is 0 Å². The molecule has 32 nitrogen and oxygen atoms in total. The van der Waals surface area contributed by atoms with Crippen LogP contribution in [0.5, 0.6) is 51.7 Å². The molecule has 5 aliphatic heterocycles. The van der Waals surface area contributed by atoms with E-state index in [-0.39, 0.29) is 39.5 Å². The van der Waals surface area contributed by atoms with Crippen molar-refractivity contribution in [1.29, 1.82) is 0 Å². The fourth-order valence-electron chi connectivity index (χ4n) is 9.80. The van der Waals surface area contributed by atoms with Gasteiger partial charge >= 0.3 is 11.9 Å². The van der Waals surface area contributed by atoms with Gasteiger partial charge in [-0.15, -0.1) is 0 Å². The number of aliphatic hydroxyl groups is 13. The Morgan fingerprint density at radius 3 is 1.47 bits per heavy atom. The molecule has 21 atom stereocenters. The highest BCUT2D eigenvalue weighted by Gasteiger charge is 2.53. The number of phenols is 6. The predicted molar refractivity (Wildman–Crippen MR) is 289 cm³/mol. The molecule has 4 aromatic rings.